The van der Waals surface area contributed by atoms with Crippen molar-refractivity contribution >= 4 is 32.4 Å². The molecule has 7 nitrogen and oxygen atoms in total. The van der Waals surface area contributed by atoms with E-state index in [2.05, 4.69) is 20.2 Å². The molecule has 0 spiro atoms. The Balaban J connectivity index is 1.65. The molecule has 2 aromatic rings. The molecule has 1 saturated carbocycles. The van der Waals surface area contributed by atoms with Crippen LogP contribution >= 0.6 is 11.3 Å². The van der Waals surface area contributed by atoms with Gasteiger partial charge in [-0.2, -0.15) is 0 Å². The Morgan fingerprint density at radius 3 is 2.52 bits per heavy atom. The van der Waals surface area contributed by atoms with Crippen LogP contribution in [0.4, 0.5) is 5.13 Å². The van der Waals surface area contributed by atoms with Crippen molar-refractivity contribution in [3.05, 3.63) is 35.4 Å². The topological polar surface area (TPSA) is 101 Å². The molecule has 0 atom stereocenters. The van der Waals surface area contributed by atoms with E-state index in [4.69, 9.17) is 0 Å². The third-order valence-electron chi connectivity index (χ3n) is 4.56. The van der Waals surface area contributed by atoms with Gasteiger partial charge in [0.05, 0.1) is 0 Å². The Bertz CT molecular complexity index is 888. The lowest BCUT2D eigenvalue weighted by Crippen LogP contribution is -2.35. The van der Waals surface area contributed by atoms with Gasteiger partial charge in [0.15, 0.2) is 0 Å². The number of hydrogen-bond acceptors (Lipinski definition) is 6. The lowest BCUT2D eigenvalue weighted by atomic mass is 9.97. The molecule has 0 saturated heterocycles. The summed E-state index contributed by atoms with van der Waals surface area (Å²) in [4.78, 5) is 12.3. The number of nitrogens with one attached hydrogen (secondary N) is 2. The van der Waals surface area contributed by atoms with Crippen LogP contribution in [0.1, 0.15) is 60.9 Å². The number of rotatable bonds is 5. The molecule has 0 bridgehead atoms. The second-order valence-corrected chi connectivity index (χ2v) is 9.73. The fourth-order valence-corrected chi connectivity index (χ4v) is 5.38. The zero-order valence-electron chi connectivity index (χ0n) is 15.3. The molecule has 1 aromatic heterocycles. The minimum Gasteiger partial charge on any atom is -0.296 e. The Hall–Kier alpha value is -1.84. The fourth-order valence-electron chi connectivity index (χ4n) is 3.17. The van der Waals surface area contributed by atoms with Crippen LogP contribution in [0.3, 0.4) is 0 Å². The molecule has 1 heterocycles. The zero-order chi connectivity index (χ0) is 19.3. The zero-order valence-corrected chi connectivity index (χ0v) is 16.9. The van der Waals surface area contributed by atoms with Gasteiger partial charge in [-0.15, -0.1) is 10.2 Å². The van der Waals surface area contributed by atoms with E-state index < -0.39 is 10.0 Å². The van der Waals surface area contributed by atoms with Crippen molar-refractivity contribution in [3.8, 4) is 0 Å². The van der Waals surface area contributed by atoms with Gasteiger partial charge in [-0.3, -0.25) is 10.1 Å². The van der Waals surface area contributed by atoms with Gasteiger partial charge in [0.25, 0.3) is 15.9 Å². The molecular weight excluding hydrogens is 384 g/mol. The summed E-state index contributed by atoms with van der Waals surface area (Å²) in [5.74, 6) is -0.341. The van der Waals surface area contributed by atoms with Crippen LogP contribution in [0.2, 0.25) is 0 Å². The first-order valence-electron chi connectivity index (χ1n) is 9.18. The quantitative estimate of drug-likeness (QED) is 0.738. The molecule has 27 heavy (non-hydrogen) atoms. The average Bonchev–Trinajstić information content (AvgIpc) is 3.06. The van der Waals surface area contributed by atoms with Crippen molar-refractivity contribution in [1.29, 1.82) is 0 Å². The molecule has 1 amide bonds. The Kier molecular flexibility index (Phi) is 6.56. The highest BCUT2D eigenvalue weighted by Gasteiger charge is 2.25. The van der Waals surface area contributed by atoms with E-state index in [9.17, 15) is 13.2 Å². The molecular formula is C18H24N4O3S2. The predicted molar refractivity (Wildman–Crippen MR) is 105 cm³/mol. The van der Waals surface area contributed by atoms with Gasteiger partial charge >= 0.3 is 0 Å². The molecule has 3 rings (SSSR count). The van der Waals surface area contributed by atoms with Crippen molar-refractivity contribution in [3.63, 3.8) is 0 Å². The third-order valence-corrected chi connectivity index (χ3v) is 7.29. The van der Waals surface area contributed by atoms with Crippen LogP contribution < -0.4 is 10.0 Å². The molecule has 1 aliphatic carbocycles. The van der Waals surface area contributed by atoms with Gasteiger partial charge in [-0.1, -0.05) is 61.1 Å². The summed E-state index contributed by atoms with van der Waals surface area (Å²) in [6.07, 6.45) is 7.25. The maximum Gasteiger partial charge on any atom is 0.270 e. The number of carbonyl (C=O) groups is 1. The number of sulfonamides is 1. The minimum absolute atomic E-state index is 0.0652. The number of nitrogens with zero attached hydrogens (tertiary/aromatic N) is 2. The van der Waals surface area contributed by atoms with Crippen LogP contribution in [0.25, 0.3) is 0 Å². The molecule has 1 aromatic carbocycles. The standard InChI is InChI=1S/C18H24N4O3S2/c1-13-8-7-9-14(12-13)16(23)19-17-20-21-18(26-17)27(24,25)22-15-10-5-3-2-4-6-11-15/h7-9,12,15,22H,2-6,10-11H2,1H3,(H,19,20,23). The fraction of sp³-hybridized carbons (Fsp3) is 0.500. The van der Waals surface area contributed by atoms with E-state index in [1.165, 1.54) is 6.42 Å². The number of carbonyl (C=O) groups excluding carboxylic acids is 1. The first-order chi connectivity index (χ1) is 12.9. The summed E-state index contributed by atoms with van der Waals surface area (Å²) in [5, 5.41) is 10.4. The van der Waals surface area contributed by atoms with Gasteiger partial charge in [-0.05, 0) is 31.9 Å². The lowest BCUT2D eigenvalue weighted by Gasteiger charge is -2.19. The summed E-state index contributed by atoms with van der Waals surface area (Å²) in [5.41, 5.74) is 1.45. The van der Waals surface area contributed by atoms with E-state index in [0.717, 1.165) is 55.4 Å². The normalized spacial score (nSPS) is 16.5. The van der Waals surface area contributed by atoms with Crippen molar-refractivity contribution < 1.29 is 13.2 Å². The second kappa shape index (κ2) is 8.90. The van der Waals surface area contributed by atoms with Gasteiger partial charge < -0.3 is 0 Å². The lowest BCUT2D eigenvalue weighted by molar-refractivity contribution is 0.102. The Labute approximate surface area is 163 Å². The van der Waals surface area contributed by atoms with Crippen LogP contribution in [0, 0.1) is 6.92 Å². The number of anilines is 1. The first kappa shape index (κ1) is 19.9. The van der Waals surface area contributed by atoms with Crippen LogP contribution in [0.5, 0.6) is 0 Å². The Morgan fingerprint density at radius 1 is 1.11 bits per heavy atom. The summed E-state index contributed by atoms with van der Waals surface area (Å²) >= 11 is 0.860. The van der Waals surface area contributed by atoms with E-state index in [1.807, 2.05) is 13.0 Å². The summed E-state index contributed by atoms with van der Waals surface area (Å²) in [6.45, 7) is 1.90. The van der Waals surface area contributed by atoms with Crippen molar-refractivity contribution in [2.24, 2.45) is 0 Å². The SMILES string of the molecule is Cc1cccc(C(=O)Nc2nnc(S(=O)(=O)NC3CCCCCCC3)s2)c1. The highest BCUT2D eigenvalue weighted by molar-refractivity contribution is 7.91. The highest BCUT2D eigenvalue weighted by Crippen LogP contribution is 2.23. The van der Waals surface area contributed by atoms with E-state index in [0.29, 0.717) is 5.56 Å². The van der Waals surface area contributed by atoms with Gasteiger partial charge in [-0.25, -0.2) is 13.1 Å². The first-order valence-corrected chi connectivity index (χ1v) is 11.5. The van der Waals surface area contributed by atoms with Gasteiger partial charge in [0, 0.05) is 11.6 Å². The summed E-state index contributed by atoms with van der Waals surface area (Å²) in [6, 6.07) is 7.07. The van der Waals surface area contributed by atoms with Crippen LogP contribution in [-0.2, 0) is 10.0 Å². The number of hydrogen-bond donors (Lipinski definition) is 2. The second-order valence-electron chi connectivity index (χ2n) is 6.86. The maximum absolute atomic E-state index is 12.6. The smallest absolute Gasteiger partial charge is 0.270 e. The molecule has 0 radical (unpaired) electrons. The van der Waals surface area contributed by atoms with Gasteiger partial charge in [0.2, 0.25) is 9.47 Å². The average molecular weight is 409 g/mol. The van der Waals surface area contributed by atoms with E-state index in [1.54, 1.807) is 18.2 Å². The van der Waals surface area contributed by atoms with E-state index >= 15 is 0 Å². The maximum atomic E-state index is 12.6. The monoisotopic (exact) mass is 408 g/mol. The largest absolute Gasteiger partial charge is 0.296 e. The summed E-state index contributed by atoms with van der Waals surface area (Å²) < 4.78 is 27.8. The molecule has 0 aliphatic heterocycles. The molecule has 1 aliphatic rings. The molecule has 9 heteroatoms. The molecule has 1 fully saturated rings. The number of amides is 1. The predicted octanol–water partition coefficient (Wildman–Crippen LogP) is 3.49. The molecule has 0 unspecified atom stereocenters. The van der Waals surface area contributed by atoms with E-state index in [-0.39, 0.29) is 21.4 Å². The van der Waals surface area contributed by atoms with Crippen LogP contribution in [0.15, 0.2) is 28.6 Å². The number of aryl methyl sites for hydroxylation is 1. The van der Waals surface area contributed by atoms with Crippen molar-refractivity contribution in [2.45, 2.75) is 62.3 Å². The molecule has 2 N–H and O–H groups in total. The van der Waals surface area contributed by atoms with Crippen molar-refractivity contribution in [1.82, 2.24) is 14.9 Å². The Morgan fingerprint density at radius 2 is 1.81 bits per heavy atom. The number of aromatic nitrogens is 2. The van der Waals surface area contributed by atoms with Crippen LogP contribution in [-0.4, -0.2) is 30.6 Å². The number of benzene rings is 1. The van der Waals surface area contributed by atoms with Crippen molar-refractivity contribution in [2.75, 3.05) is 5.32 Å². The molecule has 146 valence electrons. The minimum atomic E-state index is -3.73. The third kappa shape index (κ3) is 5.57. The van der Waals surface area contributed by atoms with Gasteiger partial charge in [0.1, 0.15) is 0 Å². The summed E-state index contributed by atoms with van der Waals surface area (Å²) in [7, 11) is -3.73. The highest BCUT2D eigenvalue weighted by atomic mass is 32.2.